The third kappa shape index (κ3) is 5.09. The van der Waals surface area contributed by atoms with Crippen LogP contribution in [-0.4, -0.2) is 48.3 Å². The van der Waals surface area contributed by atoms with Gasteiger partial charge in [-0.15, -0.1) is 0 Å². The Labute approximate surface area is 220 Å². The van der Waals surface area contributed by atoms with Gasteiger partial charge in [-0.3, -0.25) is 4.90 Å². The molecule has 0 aromatic heterocycles. The molecule has 0 aliphatic carbocycles. The van der Waals surface area contributed by atoms with Crippen molar-refractivity contribution in [2.24, 2.45) is 0 Å². The number of ether oxygens (including phenoxy) is 2. The van der Waals surface area contributed by atoms with E-state index in [9.17, 15) is 4.79 Å². The molecule has 2 atom stereocenters. The monoisotopic (exact) mass is 509 g/mol. The Bertz CT molecular complexity index is 1130. The zero-order chi connectivity index (χ0) is 26.3. The van der Waals surface area contributed by atoms with E-state index in [-0.39, 0.29) is 23.6 Å². The van der Waals surface area contributed by atoms with Gasteiger partial charge in [-0.05, 0) is 64.7 Å². The first-order valence-corrected chi connectivity index (χ1v) is 13.1. The van der Waals surface area contributed by atoms with E-state index in [1.165, 1.54) is 5.56 Å². The van der Waals surface area contributed by atoms with Crippen LogP contribution < -0.4 is 15.0 Å². The number of thiocarbonyl (C=S) groups is 1. The number of hydrogen-bond acceptors (Lipinski definition) is 5. The minimum atomic E-state index is -0.545. The maximum atomic E-state index is 13.2. The molecule has 1 fully saturated rings. The molecule has 0 radical (unpaired) electrons. The second kappa shape index (κ2) is 10.0. The highest BCUT2D eigenvalue weighted by molar-refractivity contribution is 7.80. The summed E-state index contributed by atoms with van der Waals surface area (Å²) in [6.07, 6.45) is 1.61. The van der Waals surface area contributed by atoms with Gasteiger partial charge in [0, 0.05) is 48.9 Å². The number of benzene rings is 2. The molecule has 2 aromatic rings. The van der Waals surface area contributed by atoms with Gasteiger partial charge in [0.25, 0.3) is 0 Å². The lowest BCUT2D eigenvalue weighted by atomic mass is 9.85. The highest BCUT2D eigenvalue weighted by atomic mass is 32.1. The van der Waals surface area contributed by atoms with Crippen molar-refractivity contribution in [2.75, 3.05) is 25.6 Å². The molecular formula is C29H39N3O3S. The summed E-state index contributed by atoms with van der Waals surface area (Å²) in [4.78, 5) is 18.1. The van der Waals surface area contributed by atoms with Crippen molar-refractivity contribution in [3.63, 3.8) is 0 Å². The molecule has 7 heteroatoms. The second-order valence-electron chi connectivity index (χ2n) is 11.3. The molecule has 2 aromatic carbocycles. The number of hydrogen-bond donors (Lipinski definition) is 1. The first-order valence-electron chi connectivity index (χ1n) is 12.7. The molecule has 1 amide bonds. The van der Waals surface area contributed by atoms with Crippen molar-refractivity contribution < 1.29 is 14.3 Å². The first kappa shape index (κ1) is 26.4. The lowest BCUT2D eigenvalue weighted by molar-refractivity contribution is 0.00380. The van der Waals surface area contributed by atoms with Gasteiger partial charge in [-0.1, -0.05) is 42.5 Å². The third-order valence-electron chi connectivity index (χ3n) is 7.23. The number of carbonyl (C=O) groups is 1. The predicted molar refractivity (Wildman–Crippen MR) is 149 cm³/mol. The van der Waals surface area contributed by atoms with E-state index in [1.807, 2.05) is 50.9 Å². The van der Waals surface area contributed by atoms with Gasteiger partial charge < -0.3 is 19.7 Å². The Balaban J connectivity index is 1.63. The minimum absolute atomic E-state index is 0.0726. The van der Waals surface area contributed by atoms with E-state index in [0.717, 1.165) is 40.4 Å². The molecule has 6 nitrogen and oxygen atoms in total. The number of nitrogens with zero attached hydrogens (tertiary/aromatic N) is 2. The average molecular weight is 510 g/mol. The summed E-state index contributed by atoms with van der Waals surface area (Å²) >= 11 is 5.74. The molecule has 2 heterocycles. The molecule has 194 valence electrons. The van der Waals surface area contributed by atoms with Gasteiger partial charge in [-0.25, -0.2) is 4.79 Å². The molecule has 1 saturated heterocycles. The molecule has 36 heavy (non-hydrogen) atoms. The van der Waals surface area contributed by atoms with Crippen molar-refractivity contribution in [3.05, 3.63) is 59.2 Å². The number of piperidine rings is 1. The zero-order valence-corrected chi connectivity index (χ0v) is 23.4. The zero-order valence-electron chi connectivity index (χ0n) is 22.6. The van der Waals surface area contributed by atoms with Crippen LogP contribution in [0.1, 0.15) is 70.2 Å². The van der Waals surface area contributed by atoms with Crippen LogP contribution >= 0.6 is 12.2 Å². The van der Waals surface area contributed by atoms with Crippen LogP contribution in [0.4, 0.5) is 10.5 Å². The SMILES string of the molecule is COc1cc2c(cc1CNC1CCCN(C(=O)OC(C)(C)C)C1c1ccccc1)C(C)(C)C(=S)N2C. The molecule has 2 aliphatic heterocycles. The summed E-state index contributed by atoms with van der Waals surface area (Å²) in [6, 6.07) is 14.5. The summed E-state index contributed by atoms with van der Waals surface area (Å²) < 4.78 is 11.6. The minimum Gasteiger partial charge on any atom is -0.496 e. The van der Waals surface area contributed by atoms with Crippen molar-refractivity contribution in [1.82, 2.24) is 10.2 Å². The Morgan fingerprint density at radius 1 is 1.19 bits per heavy atom. The molecule has 4 rings (SSSR count). The van der Waals surface area contributed by atoms with Gasteiger partial charge in [0.1, 0.15) is 11.4 Å². The number of nitrogens with one attached hydrogen (secondary N) is 1. The summed E-state index contributed by atoms with van der Waals surface area (Å²) in [5.74, 6) is 0.838. The number of rotatable bonds is 5. The van der Waals surface area contributed by atoms with Crippen molar-refractivity contribution in [1.29, 1.82) is 0 Å². The summed E-state index contributed by atoms with van der Waals surface area (Å²) in [5.41, 5.74) is 3.74. The third-order valence-corrected chi connectivity index (χ3v) is 8.01. The van der Waals surface area contributed by atoms with Crippen LogP contribution in [-0.2, 0) is 16.7 Å². The van der Waals surface area contributed by atoms with E-state index in [2.05, 4.69) is 48.3 Å². The van der Waals surface area contributed by atoms with E-state index in [4.69, 9.17) is 21.7 Å². The molecule has 2 aliphatic rings. The Hall–Kier alpha value is -2.64. The topological polar surface area (TPSA) is 54.0 Å². The van der Waals surface area contributed by atoms with Gasteiger partial charge in [0.05, 0.1) is 18.1 Å². The van der Waals surface area contributed by atoms with Crippen molar-refractivity contribution in [2.45, 2.75) is 77.1 Å². The Morgan fingerprint density at radius 3 is 2.53 bits per heavy atom. The number of amides is 1. The maximum absolute atomic E-state index is 13.2. The fourth-order valence-electron chi connectivity index (χ4n) is 5.40. The molecule has 2 unspecified atom stereocenters. The Kier molecular flexibility index (Phi) is 7.35. The van der Waals surface area contributed by atoms with E-state index < -0.39 is 5.60 Å². The second-order valence-corrected chi connectivity index (χ2v) is 11.7. The number of anilines is 1. The molecular weight excluding hydrogens is 470 g/mol. The molecule has 0 saturated carbocycles. The summed E-state index contributed by atoms with van der Waals surface area (Å²) in [7, 11) is 3.73. The number of likely N-dealkylation sites (N-methyl/N-ethyl adjacent to an activating group) is 1. The fourth-order valence-corrected chi connectivity index (χ4v) is 5.61. The Morgan fingerprint density at radius 2 is 1.89 bits per heavy atom. The molecule has 0 bridgehead atoms. The standard InChI is InChI=1S/C29H39N3O3S/c1-28(2,3)35-27(33)32-15-11-14-22(25(32)19-12-9-8-10-13-19)30-18-20-16-21-23(17-24(20)34-7)31(6)26(36)29(21,4)5/h8-10,12-13,16-17,22,25,30H,11,14-15,18H2,1-7H3. The van der Waals surface area contributed by atoms with Gasteiger partial charge in [0.2, 0.25) is 0 Å². The van der Waals surface area contributed by atoms with Crippen LogP contribution in [0.25, 0.3) is 0 Å². The predicted octanol–water partition coefficient (Wildman–Crippen LogP) is 5.98. The molecule has 1 N–H and O–H groups in total. The largest absolute Gasteiger partial charge is 0.496 e. The van der Waals surface area contributed by atoms with E-state index in [0.29, 0.717) is 13.1 Å². The van der Waals surface area contributed by atoms with Crippen LogP contribution in [0.5, 0.6) is 5.75 Å². The van der Waals surface area contributed by atoms with Crippen molar-refractivity contribution in [3.8, 4) is 5.75 Å². The maximum Gasteiger partial charge on any atom is 0.410 e. The molecule has 0 spiro atoms. The lowest BCUT2D eigenvalue weighted by Gasteiger charge is -2.42. The smallest absolute Gasteiger partial charge is 0.410 e. The van der Waals surface area contributed by atoms with Gasteiger partial charge in [0.15, 0.2) is 0 Å². The van der Waals surface area contributed by atoms with Crippen LogP contribution in [0.3, 0.4) is 0 Å². The summed E-state index contributed by atoms with van der Waals surface area (Å²) in [6.45, 7) is 11.4. The number of fused-ring (bicyclic) bond motifs is 1. The van der Waals surface area contributed by atoms with Crippen LogP contribution in [0.15, 0.2) is 42.5 Å². The number of methoxy groups -OCH3 is 1. The summed E-state index contributed by atoms with van der Waals surface area (Å²) in [5, 5.41) is 3.77. The van der Waals surface area contributed by atoms with Gasteiger partial charge >= 0.3 is 6.09 Å². The lowest BCUT2D eigenvalue weighted by Crippen LogP contribution is -2.51. The fraction of sp³-hybridized carbons (Fsp3) is 0.517. The quantitative estimate of drug-likeness (QED) is 0.501. The highest BCUT2D eigenvalue weighted by Crippen LogP contribution is 2.44. The highest BCUT2D eigenvalue weighted by Gasteiger charge is 2.40. The van der Waals surface area contributed by atoms with Crippen LogP contribution in [0, 0.1) is 0 Å². The normalized spacial score (nSPS) is 21.4. The van der Waals surface area contributed by atoms with Crippen molar-refractivity contribution >= 4 is 29.0 Å². The van der Waals surface area contributed by atoms with Gasteiger partial charge in [-0.2, -0.15) is 0 Å². The number of likely N-dealkylation sites (tertiary alicyclic amines) is 1. The average Bonchev–Trinajstić information content (AvgIpc) is 3.00. The first-order chi connectivity index (χ1) is 16.9. The van der Waals surface area contributed by atoms with Crippen LogP contribution in [0.2, 0.25) is 0 Å². The van der Waals surface area contributed by atoms with E-state index >= 15 is 0 Å². The van der Waals surface area contributed by atoms with E-state index in [1.54, 1.807) is 7.11 Å². The number of carbonyl (C=O) groups excluding carboxylic acids is 1.